The molecular weight excluding hydrogens is 440 g/mol. The van der Waals surface area contributed by atoms with Crippen molar-refractivity contribution in [3.8, 4) is 16.9 Å². The molecule has 0 aliphatic rings. The molecule has 1 atom stereocenters. The predicted octanol–water partition coefficient (Wildman–Crippen LogP) is 5.84. The highest BCUT2D eigenvalue weighted by Gasteiger charge is 2.19. The van der Waals surface area contributed by atoms with Gasteiger partial charge in [-0.2, -0.15) is 0 Å². The zero-order valence-electron chi connectivity index (χ0n) is 19.6. The molecular formula is C29H28N2O4. The molecule has 0 saturated carbocycles. The van der Waals surface area contributed by atoms with Gasteiger partial charge < -0.3 is 19.2 Å². The zero-order chi connectivity index (χ0) is 24.5. The van der Waals surface area contributed by atoms with Crippen molar-refractivity contribution in [2.24, 2.45) is 5.16 Å². The molecule has 3 aromatic carbocycles. The molecule has 6 nitrogen and oxygen atoms in total. The minimum absolute atomic E-state index is 0.315. The van der Waals surface area contributed by atoms with Crippen molar-refractivity contribution in [3.63, 3.8) is 0 Å². The summed E-state index contributed by atoms with van der Waals surface area (Å²) in [7, 11) is 0. The van der Waals surface area contributed by atoms with Gasteiger partial charge in [0.15, 0.2) is 6.61 Å². The van der Waals surface area contributed by atoms with Crippen LogP contribution in [0.15, 0.2) is 109 Å². The van der Waals surface area contributed by atoms with Crippen LogP contribution in [0.4, 0.5) is 0 Å². The maximum absolute atomic E-state index is 11.6. The van der Waals surface area contributed by atoms with Crippen LogP contribution in [0.1, 0.15) is 24.1 Å². The summed E-state index contributed by atoms with van der Waals surface area (Å²) in [5.74, 6) is -0.163. The van der Waals surface area contributed by atoms with Crippen molar-refractivity contribution >= 4 is 11.7 Å². The van der Waals surface area contributed by atoms with Crippen LogP contribution in [-0.4, -0.2) is 34.6 Å². The van der Waals surface area contributed by atoms with Crippen LogP contribution in [0.25, 0.3) is 11.1 Å². The lowest BCUT2D eigenvalue weighted by Gasteiger charge is -2.15. The summed E-state index contributed by atoms with van der Waals surface area (Å²) >= 11 is 0. The van der Waals surface area contributed by atoms with E-state index in [0.717, 1.165) is 22.4 Å². The summed E-state index contributed by atoms with van der Waals surface area (Å²) in [5.41, 5.74) is 5.06. The molecule has 178 valence electrons. The van der Waals surface area contributed by atoms with E-state index in [-0.39, 0.29) is 0 Å². The quantitative estimate of drug-likeness (QED) is 0.170. The van der Waals surface area contributed by atoms with Gasteiger partial charge in [-0.3, -0.25) is 0 Å². The number of rotatable bonds is 11. The van der Waals surface area contributed by atoms with E-state index < -0.39 is 12.0 Å². The molecule has 0 aliphatic carbocycles. The normalized spacial score (nSPS) is 12.2. The maximum Gasteiger partial charge on any atom is 0.327 e. The summed E-state index contributed by atoms with van der Waals surface area (Å²) < 4.78 is 7.42. The summed E-state index contributed by atoms with van der Waals surface area (Å²) in [6.45, 7) is 2.58. The van der Waals surface area contributed by atoms with Gasteiger partial charge >= 0.3 is 5.97 Å². The van der Waals surface area contributed by atoms with E-state index in [1.165, 1.54) is 5.56 Å². The van der Waals surface area contributed by atoms with Gasteiger partial charge in [-0.1, -0.05) is 71.9 Å². The number of carboxylic acid groups (broad SMARTS) is 1. The van der Waals surface area contributed by atoms with Gasteiger partial charge in [0, 0.05) is 18.8 Å². The van der Waals surface area contributed by atoms with E-state index in [9.17, 15) is 9.90 Å². The fourth-order valence-corrected chi connectivity index (χ4v) is 3.75. The first-order chi connectivity index (χ1) is 17.1. The Hall–Kier alpha value is -4.32. The standard InChI is InChI=1S/C29H28N2O4/c1-22(24-11-13-26(14-12-24)25-7-3-2-4-8-25)30-35-20-19-34-27-15-9-23(10-16-27)21-28(29(32)33)31-17-5-6-18-31/h2-18,28H,19-21H2,1H3,(H,32,33). The number of aromatic nitrogens is 1. The van der Waals surface area contributed by atoms with Gasteiger partial charge in [0.05, 0.1) is 5.71 Å². The molecule has 4 rings (SSSR count). The first-order valence-corrected chi connectivity index (χ1v) is 11.5. The summed E-state index contributed by atoms with van der Waals surface area (Å²) in [6, 6.07) is 28.9. The number of nitrogens with zero attached hydrogens (tertiary/aromatic N) is 2. The van der Waals surface area contributed by atoms with E-state index in [4.69, 9.17) is 9.57 Å². The first-order valence-electron chi connectivity index (χ1n) is 11.5. The van der Waals surface area contributed by atoms with Crippen LogP contribution in [0.5, 0.6) is 5.75 Å². The number of ether oxygens (including phenoxy) is 1. The number of carboxylic acids is 1. The number of hydrogen-bond acceptors (Lipinski definition) is 4. The van der Waals surface area contributed by atoms with Gasteiger partial charge in [0.2, 0.25) is 0 Å². The number of aliphatic carboxylic acids is 1. The molecule has 0 spiro atoms. The minimum atomic E-state index is -0.860. The van der Waals surface area contributed by atoms with E-state index in [1.54, 1.807) is 17.0 Å². The molecule has 35 heavy (non-hydrogen) atoms. The second kappa shape index (κ2) is 11.7. The smallest absolute Gasteiger partial charge is 0.327 e. The lowest BCUT2D eigenvalue weighted by atomic mass is 10.0. The van der Waals surface area contributed by atoms with E-state index in [0.29, 0.717) is 25.4 Å². The van der Waals surface area contributed by atoms with Crippen molar-refractivity contribution in [1.82, 2.24) is 4.57 Å². The average Bonchev–Trinajstić information content (AvgIpc) is 3.43. The van der Waals surface area contributed by atoms with Gasteiger partial charge in [0.1, 0.15) is 18.4 Å². The van der Waals surface area contributed by atoms with Gasteiger partial charge in [0.25, 0.3) is 0 Å². The van der Waals surface area contributed by atoms with E-state index in [2.05, 4.69) is 29.4 Å². The Bertz CT molecular complexity index is 1230. The molecule has 0 aliphatic heterocycles. The van der Waals surface area contributed by atoms with E-state index >= 15 is 0 Å². The number of oxime groups is 1. The summed E-state index contributed by atoms with van der Waals surface area (Å²) in [5, 5.41) is 13.7. The van der Waals surface area contributed by atoms with Crippen molar-refractivity contribution in [3.05, 3.63) is 115 Å². The third kappa shape index (κ3) is 6.60. The molecule has 1 N–H and O–H groups in total. The lowest BCUT2D eigenvalue weighted by Crippen LogP contribution is -2.20. The van der Waals surface area contributed by atoms with Crippen molar-refractivity contribution in [1.29, 1.82) is 0 Å². The van der Waals surface area contributed by atoms with Crippen LogP contribution >= 0.6 is 0 Å². The largest absolute Gasteiger partial charge is 0.490 e. The molecule has 0 fully saturated rings. The molecule has 1 unspecified atom stereocenters. The predicted molar refractivity (Wildman–Crippen MR) is 137 cm³/mol. The summed E-state index contributed by atoms with van der Waals surface area (Å²) in [6.07, 6.45) is 3.92. The third-order valence-corrected chi connectivity index (χ3v) is 5.68. The first kappa shape index (κ1) is 23.8. The number of benzene rings is 3. The zero-order valence-corrected chi connectivity index (χ0v) is 19.6. The van der Waals surface area contributed by atoms with Crippen LogP contribution in [0, 0.1) is 0 Å². The minimum Gasteiger partial charge on any atom is -0.490 e. The SMILES string of the molecule is CC(=NOCCOc1ccc(CC(C(=O)O)n2cccc2)cc1)c1ccc(-c2ccccc2)cc1. The highest BCUT2D eigenvalue weighted by Crippen LogP contribution is 2.20. The Kier molecular flexibility index (Phi) is 7.96. The average molecular weight is 469 g/mol. The Morgan fingerprint density at radius 2 is 1.51 bits per heavy atom. The highest BCUT2D eigenvalue weighted by molar-refractivity contribution is 5.98. The van der Waals surface area contributed by atoms with Crippen molar-refractivity contribution in [2.45, 2.75) is 19.4 Å². The molecule has 0 amide bonds. The molecule has 6 heteroatoms. The highest BCUT2D eigenvalue weighted by atomic mass is 16.6. The van der Waals surface area contributed by atoms with Crippen LogP contribution < -0.4 is 4.74 Å². The maximum atomic E-state index is 11.6. The van der Waals surface area contributed by atoms with Gasteiger partial charge in [-0.05, 0) is 53.4 Å². The van der Waals surface area contributed by atoms with Crippen LogP contribution in [0.3, 0.4) is 0 Å². The van der Waals surface area contributed by atoms with Crippen LogP contribution in [0.2, 0.25) is 0 Å². The van der Waals surface area contributed by atoms with Gasteiger partial charge in [-0.25, -0.2) is 4.79 Å². The summed E-state index contributed by atoms with van der Waals surface area (Å²) in [4.78, 5) is 17.0. The molecule has 1 aromatic heterocycles. The Balaban J connectivity index is 1.22. The molecule has 0 radical (unpaired) electrons. The van der Waals surface area contributed by atoms with Crippen molar-refractivity contribution < 1.29 is 19.5 Å². The molecule has 0 saturated heterocycles. The topological polar surface area (TPSA) is 73.1 Å². The molecule has 0 bridgehead atoms. The fraction of sp³-hybridized carbons (Fsp3) is 0.172. The second-order valence-electron chi connectivity index (χ2n) is 8.13. The monoisotopic (exact) mass is 468 g/mol. The Morgan fingerprint density at radius 3 is 2.17 bits per heavy atom. The second-order valence-corrected chi connectivity index (χ2v) is 8.13. The van der Waals surface area contributed by atoms with E-state index in [1.807, 2.05) is 73.7 Å². The number of carbonyl (C=O) groups is 1. The Labute approximate surface area is 205 Å². The lowest BCUT2D eigenvalue weighted by molar-refractivity contribution is -0.140. The third-order valence-electron chi connectivity index (χ3n) is 5.68. The van der Waals surface area contributed by atoms with Crippen LogP contribution in [-0.2, 0) is 16.1 Å². The molecule has 1 heterocycles. The van der Waals surface area contributed by atoms with Crippen molar-refractivity contribution in [2.75, 3.05) is 13.2 Å². The number of hydrogen-bond donors (Lipinski definition) is 1. The Morgan fingerprint density at radius 1 is 0.857 bits per heavy atom. The molecule has 4 aromatic rings. The fourth-order valence-electron chi connectivity index (χ4n) is 3.75. The van der Waals surface area contributed by atoms with Gasteiger partial charge in [-0.15, -0.1) is 0 Å².